The van der Waals surface area contributed by atoms with Crippen LogP contribution in [0.3, 0.4) is 0 Å². The molecule has 0 heterocycles. The van der Waals surface area contributed by atoms with Crippen molar-refractivity contribution in [3.05, 3.63) is 29.3 Å². The Labute approximate surface area is 130 Å². The van der Waals surface area contributed by atoms with Gasteiger partial charge in [-0.2, -0.15) is 0 Å². The predicted octanol–water partition coefficient (Wildman–Crippen LogP) is 1.87. The highest BCUT2D eigenvalue weighted by Crippen LogP contribution is 2.26. The van der Waals surface area contributed by atoms with E-state index in [9.17, 15) is 14.4 Å². The number of carbonyl (C=O) groups is 3. The zero-order valence-corrected chi connectivity index (χ0v) is 12.5. The van der Waals surface area contributed by atoms with Gasteiger partial charge in [-0.15, -0.1) is 11.8 Å². The van der Waals surface area contributed by atoms with E-state index in [1.807, 2.05) is 0 Å². The third-order valence-electron chi connectivity index (χ3n) is 2.48. The number of carboxylic acid groups (broad SMARTS) is 2. The van der Waals surface area contributed by atoms with Crippen LogP contribution < -0.4 is 5.32 Å². The van der Waals surface area contributed by atoms with Gasteiger partial charge in [0.25, 0.3) is 0 Å². The summed E-state index contributed by atoms with van der Waals surface area (Å²) in [4.78, 5) is 33.8. The van der Waals surface area contributed by atoms with E-state index >= 15 is 0 Å². The van der Waals surface area contributed by atoms with E-state index in [0.29, 0.717) is 9.92 Å². The second kappa shape index (κ2) is 8.53. The van der Waals surface area contributed by atoms with Crippen LogP contribution >= 0.6 is 23.4 Å². The monoisotopic (exact) mass is 331 g/mol. The molecule has 6 nitrogen and oxygen atoms in total. The van der Waals surface area contributed by atoms with Crippen molar-refractivity contribution in [1.29, 1.82) is 0 Å². The van der Waals surface area contributed by atoms with E-state index in [-0.39, 0.29) is 18.6 Å². The summed E-state index contributed by atoms with van der Waals surface area (Å²) in [7, 11) is 0. The van der Waals surface area contributed by atoms with E-state index in [1.54, 1.807) is 24.3 Å². The number of hydrogen-bond donors (Lipinski definition) is 3. The standard InChI is InChI=1S/C13H14ClNO5S/c14-8-3-1-2-4-10(8)21-7-11(16)15-9(13(19)20)5-6-12(17)18/h1-4,9H,5-7H2,(H,15,16)(H,17,18)(H,19,20). The van der Waals surface area contributed by atoms with Crippen molar-refractivity contribution in [3.63, 3.8) is 0 Å². The van der Waals surface area contributed by atoms with Gasteiger partial charge in [-0.25, -0.2) is 4.79 Å². The molecule has 114 valence electrons. The Balaban J connectivity index is 2.49. The Kier molecular flexibility index (Phi) is 7.04. The van der Waals surface area contributed by atoms with Gasteiger partial charge < -0.3 is 15.5 Å². The highest BCUT2D eigenvalue weighted by Gasteiger charge is 2.20. The molecule has 0 fully saturated rings. The highest BCUT2D eigenvalue weighted by molar-refractivity contribution is 8.00. The van der Waals surface area contributed by atoms with E-state index in [0.717, 1.165) is 0 Å². The largest absolute Gasteiger partial charge is 0.481 e. The average molecular weight is 332 g/mol. The Morgan fingerprint density at radius 1 is 1.24 bits per heavy atom. The van der Waals surface area contributed by atoms with E-state index in [2.05, 4.69) is 5.32 Å². The SMILES string of the molecule is O=C(O)CCC(NC(=O)CSc1ccccc1Cl)C(=O)O. The number of aliphatic carboxylic acids is 2. The fraction of sp³-hybridized carbons (Fsp3) is 0.308. The number of hydrogen-bond acceptors (Lipinski definition) is 4. The lowest BCUT2D eigenvalue weighted by Gasteiger charge is -2.13. The smallest absolute Gasteiger partial charge is 0.326 e. The molecular weight excluding hydrogens is 318 g/mol. The van der Waals surface area contributed by atoms with Gasteiger partial charge in [0.05, 0.1) is 10.8 Å². The second-order valence-corrected chi connectivity index (χ2v) is 5.53. The van der Waals surface area contributed by atoms with Crippen molar-refractivity contribution in [1.82, 2.24) is 5.32 Å². The molecule has 21 heavy (non-hydrogen) atoms. The number of nitrogens with one attached hydrogen (secondary N) is 1. The van der Waals surface area contributed by atoms with Crippen LogP contribution in [0.15, 0.2) is 29.2 Å². The van der Waals surface area contributed by atoms with Crippen LogP contribution in [0.4, 0.5) is 0 Å². The lowest BCUT2D eigenvalue weighted by atomic mass is 10.1. The molecule has 8 heteroatoms. The van der Waals surface area contributed by atoms with Gasteiger partial charge in [0.2, 0.25) is 5.91 Å². The number of carboxylic acids is 2. The molecule has 1 atom stereocenters. The van der Waals surface area contributed by atoms with Crippen LogP contribution in [0.1, 0.15) is 12.8 Å². The normalized spacial score (nSPS) is 11.7. The Hall–Kier alpha value is -1.73. The number of amides is 1. The number of carbonyl (C=O) groups excluding carboxylic acids is 1. The Bertz CT molecular complexity index is 537. The number of halogens is 1. The van der Waals surface area contributed by atoms with E-state index in [4.69, 9.17) is 21.8 Å². The summed E-state index contributed by atoms with van der Waals surface area (Å²) in [6, 6.07) is 5.77. The molecule has 1 unspecified atom stereocenters. The minimum absolute atomic E-state index is 0.000580. The minimum atomic E-state index is -1.26. The predicted molar refractivity (Wildman–Crippen MR) is 78.6 cm³/mol. The molecule has 1 aromatic rings. The molecule has 0 aromatic heterocycles. The molecule has 1 amide bonds. The molecule has 0 aliphatic carbocycles. The maximum atomic E-state index is 11.7. The lowest BCUT2D eigenvalue weighted by Crippen LogP contribution is -2.41. The van der Waals surface area contributed by atoms with Gasteiger partial charge >= 0.3 is 11.9 Å². The third kappa shape index (κ3) is 6.50. The van der Waals surface area contributed by atoms with Crippen molar-refractivity contribution in [2.45, 2.75) is 23.8 Å². The molecule has 1 rings (SSSR count). The first-order chi connectivity index (χ1) is 9.90. The van der Waals surface area contributed by atoms with E-state index < -0.39 is 23.9 Å². The first-order valence-corrected chi connectivity index (χ1v) is 7.37. The lowest BCUT2D eigenvalue weighted by molar-refractivity contribution is -0.142. The average Bonchev–Trinajstić information content (AvgIpc) is 2.42. The fourth-order valence-corrected chi connectivity index (χ4v) is 2.52. The summed E-state index contributed by atoms with van der Waals surface area (Å²) >= 11 is 7.12. The van der Waals surface area contributed by atoms with Crippen molar-refractivity contribution < 1.29 is 24.6 Å². The topological polar surface area (TPSA) is 104 Å². The van der Waals surface area contributed by atoms with Crippen LogP contribution in [-0.2, 0) is 14.4 Å². The number of thioether (sulfide) groups is 1. The molecule has 0 spiro atoms. The first kappa shape index (κ1) is 17.3. The van der Waals surface area contributed by atoms with Gasteiger partial charge in [-0.3, -0.25) is 9.59 Å². The van der Waals surface area contributed by atoms with E-state index in [1.165, 1.54) is 11.8 Å². The van der Waals surface area contributed by atoms with Crippen LogP contribution in [0, 0.1) is 0 Å². The first-order valence-electron chi connectivity index (χ1n) is 6.01. The van der Waals surface area contributed by atoms with Crippen LogP contribution in [0.2, 0.25) is 5.02 Å². The van der Waals surface area contributed by atoms with Gasteiger partial charge in [0.15, 0.2) is 0 Å². The molecule has 0 aliphatic rings. The second-order valence-electron chi connectivity index (χ2n) is 4.11. The third-order valence-corrected chi connectivity index (χ3v) is 3.99. The van der Waals surface area contributed by atoms with Gasteiger partial charge in [-0.1, -0.05) is 23.7 Å². The summed E-state index contributed by atoms with van der Waals surface area (Å²) < 4.78 is 0. The molecule has 0 bridgehead atoms. The van der Waals surface area contributed by atoms with Crippen LogP contribution in [-0.4, -0.2) is 39.9 Å². The van der Waals surface area contributed by atoms with Gasteiger partial charge in [0, 0.05) is 11.3 Å². The quantitative estimate of drug-likeness (QED) is 0.628. The van der Waals surface area contributed by atoms with Crippen LogP contribution in [0.25, 0.3) is 0 Å². The molecule has 3 N–H and O–H groups in total. The van der Waals surface area contributed by atoms with Crippen LogP contribution in [0.5, 0.6) is 0 Å². The molecular formula is C13H14ClNO5S. The summed E-state index contributed by atoms with van der Waals surface area (Å²) in [6.45, 7) is 0. The molecule has 0 saturated heterocycles. The molecule has 0 saturated carbocycles. The summed E-state index contributed by atoms with van der Waals surface area (Å²) in [5.41, 5.74) is 0. The minimum Gasteiger partial charge on any atom is -0.481 e. The zero-order valence-electron chi connectivity index (χ0n) is 10.9. The Morgan fingerprint density at radius 3 is 2.48 bits per heavy atom. The van der Waals surface area contributed by atoms with Crippen molar-refractivity contribution in [3.8, 4) is 0 Å². The Morgan fingerprint density at radius 2 is 1.90 bits per heavy atom. The summed E-state index contributed by atoms with van der Waals surface area (Å²) in [5.74, 6) is -2.85. The number of rotatable bonds is 8. The molecule has 1 aromatic carbocycles. The molecule has 0 radical (unpaired) electrons. The maximum absolute atomic E-state index is 11.7. The summed E-state index contributed by atoms with van der Waals surface area (Å²) in [6.07, 6.45) is -0.484. The van der Waals surface area contributed by atoms with Gasteiger partial charge in [-0.05, 0) is 18.6 Å². The van der Waals surface area contributed by atoms with Crippen molar-refractivity contribution >= 4 is 41.2 Å². The maximum Gasteiger partial charge on any atom is 0.326 e. The fourth-order valence-electron chi connectivity index (χ4n) is 1.47. The number of benzene rings is 1. The highest BCUT2D eigenvalue weighted by atomic mass is 35.5. The molecule has 0 aliphatic heterocycles. The summed E-state index contributed by atoms with van der Waals surface area (Å²) in [5, 5.41) is 20.3. The van der Waals surface area contributed by atoms with Gasteiger partial charge in [0.1, 0.15) is 6.04 Å². The van der Waals surface area contributed by atoms with Crippen molar-refractivity contribution in [2.75, 3.05) is 5.75 Å². The zero-order chi connectivity index (χ0) is 15.8. The van der Waals surface area contributed by atoms with Crippen molar-refractivity contribution in [2.24, 2.45) is 0 Å².